The Morgan fingerprint density at radius 1 is 1.19 bits per heavy atom. The molecule has 0 aliphatic carbocycles. The Morgan fingerprint density at radius 2 is 1.89 bits per heavy atom. The quantitative estimate of drug-likeness (QED) is 0.510. The Labute approximate surface area is 213 Å². The molecule has 2 aromatic rings. The summed E-state index contributed by atoms with van der Waals surface area (Å²) in [6, 6.07) is 8.29. The van der Waals surface area contributed by atoms with Crippen molar-refractivity contribution in [3.05, 3.63) is 54.4 Å². The van der Waals surface area contributed by atoms with Crippen molar-refractivity contribution in [3.63, 3.8) is 0 Å². The Morgan fingerprint density at radius 3 is 2.53 bits per heavy atom. The molecule has 1 aromatic heterocycles. The Kier molecular flexibility index (Phi) is 7.59. The molecule has 0 radical (unpaired) electrons. The zero-order chi connectivity index (χ0) is 25.9. The van der Waals surface area contributed by atoms with E-state index in [9.17, 15) is 9.59 Å². The molecule has 0 bridgehead atoms. The summed E-state index contributed by atoms with van der Waals surface area (Å²) in [5.74, 6) is 0.115. The lowest BCUT2D eigenvalue weighted by atomic mass is 9.74. The van der Waals surface area contributed by atoms with Crippen LogP contribution in [0, 0.1) is 0 Å². The van der Waals surface area contributed by atoms with E-state index in [1.165, 1.54) is 11.6 Å². The fraction of sp³-hybridized carbons (Fsp3) is 0.481. The fourth-order valence-electron chi connectivity index (χ4n) is 5.18. The van der Waals surface area contributed by atoms with Crippen LogP contribution in [0.3, 0.4) is 0 Å². The van der Waals surface area contributed by atoms with Gasteiger partial charge in [-0.15, -0.1) is 0 Å². The summed E-state index contributed by atoms with van der Waals surface area (Å²) in [6.45, 7) is 10.9. The van der Waals surface area contributed by atoms with Gasteiger partial charge in [-0.1, -0.05) is 25.6 Å². The van der Waals surface area contributed by atoms with Gasteiger partial charge in [0.2, 0.25) is 5.91 Å². The van der Waals surface area contributed by atoms with Crippen LogP contribution in [-0.4, -0.2) is 65.4 Å². The van der Waals surface area contributed by atoms with Gasteiger partial charge in [0, 0.05) is 24.3 Å². The highest BCUT2D eigenvalue weighted by molar-refractivity contribution is 5.96. The first kappa shape index (κ1) is 25.6. The van der Waals surface area contributed by atoms with E-state index in [1.807, 2.05) is 19.1 Å². The molecule has 2 aliphatic heterocycles. The van der Waals surface area contributed by atoms with Crippen LogP contribution in [0.5, 0.6) is 0 Å². The number of benzene rings is 1. The third kappa shape index (κ3) is 5.51. The van der Waals surface area contributed by atoms with Crippen molar-refractivity contribution in [2.45, 2.75) is 57.0 Å². The molecule has 3 heterocycles. The lowest BCUT2D eigenvalue weighted by Gasteiger charge is -2.40. The van der Waals surface area contributed by atoms with Gasteiger partial charge >= 0.3 is 0 Å². The minimum Gasteiger partial charge on any atom is -0.364 e. The molecule has 0 spiro atoms. The molecule has 9 heteroatoms. The normalized spacial score (nSPS) is 22.0. The predicted molar refractivity (Wildman–Crippen MR) is 143 cm³/mol. The van der Waals surface area contributed by atoms with Crippen LogP contribution in [0.25, 0.3) is 0 Å². The summed E-state index contributed by atoms with van der Waals surface area (Å²) in [6.07, 6.45) is 6.87. The number of amides is 2. The molecule has 0 unspecified atom stereocenters. The van der Waals surface area contributed by atoms with E-state index in [2.05, 4.69) is 58.1 Å². The number of primary amides is 1. The van der Waals surface area contributed by atoms with Gasteiger partial charge in [-0.3, -0.25) is 9.59 Å². The molecule has 0 saturated carbocycles. The SMILES string of the molecule is C=CC(=O)N[C@@H]1CCCN(c2cnc(C(N)=O)c(Nc3ccc(C4(C)CCN(C)CC4)cc3)n2)[C@@H]1C. The van der Waals surface area contributed by atoms with Crippen LogP contribution >= 0.6 is 0 Å². The number of hydrogen-bond acceptors (Lipinski definition) is 7. The molecule has 36 heavy (non-hydrogen) atoms. The second kappa shape index (κ2) is 10.7. The number of nitrogens with zero attached hydrogens (tertiary/aromatic N) is 4. The average Bonchev–Trinajstić information content (AvgIpc) is 2.87. The number of piperidine rings is 2. The third-order valence-corrected chi connectivity index (χ3v) is 7.72. The van der Waals surface area contributed by atoms with Crippen LogP contribution in [0.1, 0.15) is 55.6 Å². The second-order valence-corrected chi connectivity index (χ2v) is 10.3. The molecule has 192 valence electrons. The zero-order valence-corrected chi connectivity index (χ0v) is 21.5. The molecule has 9 nitrogen and oxygen atoms in total. The average molecular weight is 492 g/mol. The number of anilines is 3. The monoisotopic (exact) mass is 491 g/mol. The van der Waals surface area contributed by atoms with Crippen LogP contribution in [0.2, 0.25) is 0 Å². The number of likely N-dealkylation sites (tertiary alicyclic amines) is 1. The van der Waals surface area contributed by atoms with Crippen LogP contribution in [-0.2, 0) is 10.2 Å². The van der Waals surface area contributed by atoms with Crippen molar-refractivity contribution in [2.24, 2.45) is 5.73 Å². The first-order valence-corrected chi connectivity index (χ1v) is 12.6. The summed E-state index contributed by atoms with van der Waals surface area (Å²) in [5, 5.41) is 6.26. The summed E-state index contributed by atoms with van der Waals surface area (Å²) in [7, 11) is 2.17. The van der Waals surface area contributed by atoms with E-state index in [1.54, 1.807) is 6.20 Å². The van der Waals surface area contributed by atoms with Crippen molar-refractivity contribution in [1.29, 1.82) is 0 Å². The first-order valence-electron chi connectivity index (χ1n) is 12.6. The van der Waals surface area contributed by atoms with E-state index >= 15 is 0 Å². The van der Waals surface area contributed by atoms with Gasteiger partial charge in [0.1, 0.15) is 5.82 Å². The van der Waals surface area contributed by atoms with Crippen LogP contribution in [0.15, 0.2) is 43.1 Å². The maximum atomic E-state index is 12.1. The molecule has 4 rings (SSSR count). The van der Waals surface area contributed by atoms with Crippen LogP contribution in [0.4, 0.5) is 17.3 Å². The maximum absolute atomic E-state index is 12.1. The highest BCUT2D eigenvalue weighted by Gasteiger charge is 2.32. The van der Waals surface area contributed by atoms with Crippen molar-refractivity contribution in [3.8, 4) is 0 Å². The smallest absolute Gasteiger partial charge is 0.271 e. The molecule has 2 aliphatic rings. The summed E-state index contributed by atoms with van der Waals surface area (Å²) in [5.41, 5.74) is 7.98. The number of rotatable bonds is 7. The number of hydrogen-bond donors (Lipinski definition) is 3. The molecule has 2 atom stereocenters. The van der Waals surface area contributed by atoms with E-state index in [0.29, 0.717) is 11.6 Å². The molecule has 2 fully saturated rings. The number of nitrogens with one attached hydrogen (secondary N) is 2. The third-order valence-electron chi connectivity index (χ3n) is 7.72. The van der Waals surface area contributed by atoms with Gasteiger partial charge in [-0.05, 0) is 81.9 Å². The van der Waals surface area contributed by atoms with Crippen molar-refractivity contribution in [1.82, 2.24) is 20.2 Å². The van der Waals surface area contributed by atoms with E-state index in [4.69, 9.17) is 10.7 Å². The standard InChI is InChI=1S/C27H37N7O2/c1-5-23(35)31-21-7-6-14-34(18(21)2)22-17-29-24(25(28)36)26(32-22)30-20-10-8-19(9-11-20)27(3)12-15-33(4)16-13-27/h5,8-11,17-18,21H,1,6-7,12-16H2,2-4H3,(H2,28,36)(H,30,32)(H,31,35)/t18-,21-/m1/s1. The number of carbonyl (C=O) groups is 2. The van der Waals surface area contributed by atoms with Crippen LogP contribution < -0.4 is 21.3 Å². The highest BCUT2D eigenvalue weighted by Crippen LogP contribution is 2.35. The van der Waals surface area contributed by atoms with Gasteiger partial charge in [0.25, 0.3) is 5.91 Å². The largest absolute Gasteiger partial charge is 0.364 e. The first-order chi connectivity index (χ1) is 17.2. The molecule has 1 aromatic carbocycles. The minimum absolute atomic E-state index is 0.00112. The summed E-state index contributed by atoms with van der Waals surface area (Å²) < 4.78 is 0. The maximum Gasteiger partial charge on any atom is 0.271 e. The summed E-state index contributed by atoms with van der Waals surface area (Å²) in [4.78, 5) is 37.5. The van der Waals surface area contributed by atoms with Crippen molar-refractivity contribution in [2.75, 3.05) is 36.9 Å². The summed E-state index contributed by atoms with van der Waals surface area (Å²) >= 11 is 0. The molecular formula is C27H37N7O2. The Balaban J connectivity index is 1.55. The van der Waals surface area contributed by atoms with Gasteiger partial charge < -0.3 is 26.2 Å². The van der Waals surface area contributed by atoms with Gasteiger partial charge in [0.05, 0.1) is 6.20 Å². The number of aromatic nitrogens is 2. The van der Waals surface area contributed by atoms with Gasteiger partial charge in [0.15, 0.2) is 11.5 Å². The zero-order valence-electron chi connectivity index (χ0n) is 21.5. The minimum atomic E-state index is -0.644. The Hall–Kier alpha value is -3.46. The van der Waals surface area contributed by atoms with E-state index in [0.717, 1.165) is 51.0 Å². The molecule has 4 N–H and O–H groups in total. The lowest BCUT2D eigenvalue weighted by molar-refractivity contribution is -0.117. The number of nitrogens with two attached hydrogens (primary N) is 1. The molecular weight excluding hydrogens is 454 g/mol. The van der Waals surface area contributed by atoms with Crippen molar-refractivity contribution >= 4 is 29.1 Å². The van der Waals surface area contributed by atoms with Gasteiger partial charge in [-0.2, -0.15) is 0 Å². The highest BCUT2D eigenvalue weighted by atomic mass is 16.2. The van der Waals surface area contributed by atoms with Gasteiger partial charge in [-0.25, -0.2) is 9.97 Å². The number of carbonyl (C=O) groups excluding carboxylic acids is 2. The van der Waals surface area contributed by atoms with E-state index < -0.39 is 5.91 Å². The molecule has 2 saturated heterocycles. The Bertz CT molecular complexity index is 1110. The predicted octanol–water partition coefficient (Wildman–Crippen LogP) is 2.96. The molecule has 2 amide bonds. The lowest BCUT2D eigenvalue weighted by Crippen LogP contribution is -2.54. The second-order valence-electron chi connectivity index (χ2n) is 10.3. The topological polar surface area (TPSA) is 116 Å². The fourth-order valence-corrected chi connectivity index (χ4v) is 5.18. The van der Waals surface area contributed by atoms with Crippen molar-refractivity contribution < 1.29 is 9.59 Å². The van der Waals surface area contributed by atoms with E-state index in [-0.39, 0.29) is 29.1 Å².